The van der Waals surface area contributed by atoms with Crippen LogP contribution >= 0.6 is 0 Å². The quantitative estimate of drug-likeness (QED) is 0.591. The van der Waals surface area contributed by atoms with Gasteiger partial charge in [-0.05, 0) is 12.1 Å². The van der Waals surface area contributed by atoms with Gasteiger partial charge in [0.1, 0.15) is 18.2 Å². The van der Waals surface area contributed by atoms with Crippen LogP contribution in [0.1, 0.15) is 10.4 Å². The molecule has 0 heterocycles. The van der Waals surface area contributed by atoms with Crippen LogP contribution in [0, 0.1) is 11.6 Å². The van der Waals surface area contributed by atoms with Crippen LogP contribution in [0.5, 0.6) is 0 Å². The van der Waals surface area contributed by atoms with E-state index in [4.69, 9.17) is 10.5 Å². The lowest BCUT2D eigenvalue weighted by atomic mass is 10.1. The highest BCUT2D eigenvalue weighted by molar-refractivity contribution is 5.97. The predicted molar refractivity (Wildman–Crippen MR) is 50.6 cm³/mol. The first-order valence-electron chi connectivity index (χ1n) is 4.42. The fourth-order valence-electron chi connectivity index (χ4n) is 1.08. The van der Waals surface area contributed by atoms with E-state index in [1.165, 1.54) is 6.07 Å². The maximum atomic E-state index is 13.1. The van der Waals surface area contributed by atoms with Gasteiger partial charge in [-0.25, -0.2) is 8.78 Å². The molecule has 0 aromatic heterocycles. The molecule has 1 rings (SSSR count). The first kappa shape index (κ1) is 11.7. The SMILES string of the molecule is NCCOCC(=O)c1c(F)cccc1F. The standard InChI is InChI=1S/C10H11F2NO2/c11-7-2-1-3-8(12)10(7)9(14)6-15-5-4-13/h1-3H,4-6,13H2. The van der Waals surface area contributed by atoms with Crippen molar-refractivity contribution in [3.63, 3.8) is 0 Å². The molecule has 0 fully saturated rings. The van der Waals surface area contributed by atoms with E-state index in [2.05, 4.69) is 0 Å². The lowest BCUT2D eigenvalue weighted by Gasteiger charge is -2.04. The molecule has 82 valence electrons. The highest BCUT2D eigenvalue weighted by Gasteiger charge is 2.16. The second kappa shape index (κ2) is 5.53. The second-order valence-corrected chi connectivity index (χ2v) is 2.86. The summed E-state index contributed by atoms with van der Waals surface area (Å²) in [4.78, 5) is 11.3. The molecule has 0 radical (unpaired) electrons. The lowest BCUT2D eigenvalue weighted by molar-refractivity contribution is 0.0765. The minimum absolute atomic E-state index is 0.182. The van der Waals surface area contributed by atoms with Gasteiger partial charge >= 0.3 is 0 Å². The van der Waals surface area contributed by atoms with Gasteiger partial charge in [-0.2, -0.15) is 0 Å². The zero-order chi connectivity index (χ0) is 11.3. The van der Waals surface area contributed by atoms with E-state index in [1.807, 2.05) is 0 Å². The Morgan fingerprint density at radius 1 is 1.33 bits per heavy atom. The highest BCUT2D eigenvalue weighted by atomic mass is 19.1. The Kier molecular flexibility index (Phi) is 4.33. The highest BCUT2D eigenvalue weighted by Crippen LogP contribution is 2.12. The number of ketones is 1. The lowest BCUT2D eigenvalue weighted by Crippen LogP contribution is -2.16. The largest absolute Gasteiger partial charge is 0.372 e. The number of nitrogens with two attached hydrogens (primary N) is 1. The molecule has 0 aliphatic carbocycles. The molecule has 0 atom stereocenters. The third kappa shape index (κ3) is 3.07. The van der Waals surface area contributed by atoms with Gasteiger partial charge in [-0.3, -0.25) is 4.79 Å². The fraction of sp³-hybridized carbons (Fsp3) is 0.300. The zero-order valence-electron chi connectivity index (χ0n) is 8.00. The monoisotopic (exact) mass is 215 g/mol. The molecular formula is C10H11F2NO2. The summed E-state index contributed by atoms with van der Waals surface area (Å²) in [5.41, 5.74) is 4.57. The number of hydrogen-bond donors (Lipinski definition) is 1. The van der Waals surface area contributed by atoms with Gasteiger partial charge < -0.3 is 10.5 Å². The Morgan fingerprint density at radius 3 is 2.47 bits per heavy atom. The van der Waals surface area contributed by atoms with E-state index in [0.717, 1.165) is 12.1 Å². The summed E-state index contributed by atoms with van der Waals surface area (Å²) in [5.74, 6) is -2.48. The van der Waals surface area contributed by atoms with E-state index in [9.17, 15) is 13.6 Å². The number of Topliss-reactive ketones (excluding diaryl/α,β-unsaturated/α-hetero) is 1. The normalized spacial score (nSPS) is 10.3. The van der Waals surface area contributed by atoms with Crippen LogP contribution in [0.4, 0.5) is 8.78 Å². The van der Waals surface area contributed by atoms with Crippen molar-refractivity contribution in [2.75, 3.05) is 19.8 Å². The van der Waals surface area contributed by atoms with Gasteiger partial charge in [0.2, 0.25) is 0 Å². The number of rotatable bonds is 5. The van der Waals surface area contributed by atoms with Crippen LogP contribution in [0.2, 0.25) is 0 Å². The Bertz CT molecular complexity index is 335. The van der Waals surface area contributed by atoms with Crippen molar-refractivity contribution in [3.05, 3.63) is 35.4 Å². The van der Waals surface area contributed by atoms with Crippen LogP contribution in [0.25, 0.3) is 0 Å². The van der Waals surface area contributed by atoms with Gasteiger partial charge in [-0.15, -0.1) is 0 Å². The Hall–Kier alpha value is -1.33. The maximum Gasteiger partial charge on any atom is 0.194 e. The number of ether oxygens (including phenoxy) is 1. The molecule has 2 N–H and O–H groups in total. The van der Waals surface area contributed by atoms with Gasteiger partial charge in [0.25, 0.3) is 0 Å². The van der Waals surface area contributed by atoms with E-state index in [1.54, 1.807) is 0 Å². The molecular weight excluding hydrogens is 204 g/mol. The van der Waals surface area contributed by atoms with Crippen LogP contribution in [-0.2, 0) is 4.74 Å². The number of carbonyl (C=O) groups is 1. The van der Waals surface area contributed by atoms with Crippen LogP contribution in [0.15, 0.2) is 18.2 Å². The minimum atomic E-state index is -0.878. The minimum Gasteiger partial charge on any atom is -0.372 e. The van der Waals surface area contributed by atoms with E-state index in [-0.39, 0.29) is 19.8 Å². The molecule has 0 aliphatic rings. The predicted octanol–water partition coefficient (Wildman–Crippen LogP) is 1.12. The van der Waals surface area contributed by atoms with Gasteiger partial charge in [0.15, 0.2) is 5.78 Å². The molecule has 15 heavy (non-hydrogen) atoms. The molecule has 5 heteroatoms. The average molecular weight is 215 g/mol. The smallest absolute Gasteiger partial charge is 0.194 e. The number of halogens is 2. The first-order chi connectivity index (χ1) is 7.16. The molecule has 1 aromatic carbocycles. The van der Waals surface area contributed by atoms with Crippen molar-refractivity contribution in [1.29, 1.82) is 0 Å². The topological polar surface area (TPSA) is 52.3 Å². The van der Waals surface area contributed by atoms with E-state index in [0.29, 0.717) is 0 Å². The maximum absolute atomic E-state index is 13.1. The van der Waals surface area contributed by atoms with Crippen molar-refractivity contribution < 1.29 is 18.3 Å². The second-order valence-electron chi connectivity index (χ2n) is 2.86. The van der Waals surface area contributed by atoms with Crippen molar-refractivity contribution in [1.82, 2.24) is 0 Å². The number of benzene rings is 1. The van der Waals surface area contributed by atoms with Crippen molar-refractivity contribution in [2.24, 2.45) is 5.73 Å². The molecule has 0 spiro atoms. The van der Waals surface area contributed by atoms with Gasteiger partial charge in [-0.1, -0.05) is 6.07 Å². The van der Waals surface area contributed by atoms with E-state index >= 15 is 0 Å². The zero-order valence-corrected chi connectivity index (χ0v) is 8.00. The molecule has 0 bridgehead atoms. The van der Waals surface area contributed by atoms with Crippen molar-refractivity contribution >= 4 is 5.78 Å². The molecule has 0 aliphatic heterocycles. The van der Waals surface area contributed by atoms with Crippen molar-refractivity contribution in [3.8, 4) is 0 Å². The van der Waals surface area contributed by atoms with Crippen LogP contribution in [-0.4, -0.2) is 25.5 Å². The molecule has 0 unspecified atom stereocenters. The Labute approximate surface area is 85.8 Å². The summed E-state index contributed by atoms with van der Waals surface area (Å²) in [6.07, 6.45) is 0. The van der Waals surface area contributed by atoms with E-state index < -0.39 is 23.0 Å². The van der Waals surface area contributed by atoms with Gasteiger partial charge in [0, 0.05) is 6.54 Å². The summed E-state index contributed by atoms with van der Waals surface area (Å²) in [7, 11) is 0. The summed E-state index contributed by atoms with van der Waals surface area (Å²) < 4.78 is 30.9. The third-order valence-corrected chi connectivity index (χ3v) is 1.74. The number of hydrogen-bond acceptors (Lipinski definition) is 3. The average Bonchev–Trinajstić information content (AvgIpc) is 2.18. The summed E-state index contributed by atoms with van der Waals surface area (Å²) in [5, 5.41) is 0. The van der Waals surface area contributed by atoms with Gasteiger partial charge in [0.05, 0.1) is 12.2 Å². The summed E-state index contributed by atoms with van der Waals surface area (Å²) in [6.45, 7) is 0.0733. The first-order valence-corrected chi connectivity index (χ1v) is 4.42. The van der Waals surface area contributed by atoms with Crippen LogP contribution < -0.4 is 5.73 Å². The fourth-order valence-corrected chi connectivity index (χ4v) is 1.08. The molecule has 0 saturated carbocycles. The summed E-state index contributed by atoms with van der Waals surface area (Å²) in [6, 6.07) is 3.25. The molecule has 1 aromatic rings. The molecule has 0 saturated heterocycles. The number of carbonyl (C=O) groups excluding carboxylic acids is 1. The van der Waals surface area contributed by atoms with Crippen LogP contribution in [0.3, 0.4) is 0 Å². The summed E-state index contributed by atoms with van der Waals surface area (Å²) >= 11 is 0. The third-order valence-electron chi connectivity index (χ3n) is 1.74. The Balaban J connectivity index is 2.73. The van der Waals surface area contributed by atoms with Crippen molar-refractivity contribution in [2.45, 2.75) is 0 Å². The molecule has 3 nitrogen and oxygen atoms in total. The Morgan fingerprint density at radius 2 is 1.93 bits per heavy atom. The molecule has 0 amide bonds.